The van der Waals surface area contributed by atoms with Gasteiger partial charge in [-0.25, -0.2) is 0 Å². The van der Waals surface area contributed by atoms with Crippen LogP contribution in [0.25, 0.3) is 0 Å². The Morgan fingerprint density at radius 3 is 2.86 bits per heavy atom. The van der Waals surface area contributed by atoms with Crippen molar-refractivity contribution in [2.75, 3.05) is 19.8 Å². The van der Waals surface area contributed by atoms with Crippen molar-refractivity contribution in [2.45, 2.75) is 24.4 Å². The lowest BCUT2D eigenvalue weighted by Crippen LogP contribution is -2.31. The highest BCUT2D eigenvalue weighted by Gasteiger charge is 2.27. The van der Waals surface area contributed by atoms with E-state index in [4.69, 9.17) is 11.6 Å². The van der Waals surface area contributed by atoms with Gasteiger partial charge in [-0.15, -0.1) is 11.6 Å². The van der Waals surface area contributed by atoms with Gasteiger partial charge in [-0.1, -0.05) is 12.1 Å². The molecule has 1 amide bonds. The predicted molar refractivity (Wildman–Crippen MR) is 72.6 cm³/mol. The minimum absolute atomic E-state index is 0.0864. The molecule has 1 unspecified atom stereocenters. The number of fused-ring (bicyclic) bond motifs is 1. The second kappa shape index (κ2) is 6.66. The predicted octanol–water partition coefficient (Wildman–Crippen LogP) is 3.22. The normalized spacial score (nSPS) is 16.3. The van der Waals surface area contributed by atoms with Gasteiger partial charge in [-0.05, 0) is 30.0 Å². The number of hydrogen-bond acceptors (Lipinski definition) is 2. The molecule has 1 N–H and O–H groups in total. The van der Waals surface area contributed by atoms with Crippen LogP contribution in [0.2, 0.25) is 0 Å². The zero-order valence-corrected chi connectivity index (χ0v) is 11.9. The van der Waals surface area contributed by atoms with Crippen LogP contribution in [-0.2, 0) is 11.2 Å². The average molecular weight is 322 g/mol. The number of carbonyl (C=O) groups excluding carboxylic acids is 1. The fraction of sp³-hybridized carbons (Fsp3) is 0.500. The van der Waals surface area contributed by atoms with Crippen LogP contribution in [0.3, 0.4) is 0 Å². The van der Waals surface area contributed by atoms with Crippen molar-refractivity contribution in [2.24, 2.45) is 0 Å². The van der Waals surface area contributed by atoms with E-state index in [1.807, 2.05) is 6.07 Å². The van der Waals surface area contributed by atoms with E-state index in [0.29, 0.717) is 17.7 Å². The van der Waals surface area contributed by atoms with Crippen LogP contribution < -0.4 is 5.32 Å². The van der Waals surface area contributed by atoms with Crippen LogP contribution >= 0.6 is 11.6 Å². The zero-order valence-electron chi connectivity index (χ0n) is 11.2. The van der Waals surface area contributed by atoms with Gasteiger partial charge in [0.05, 0.1) is 5.38 Å². The highest BCUT2D eigenvalue weighted by molar-refractivity contribution is 6.20. The molecule has 3 nitrogen and oxygen atoms in total. The van der Waals surface area contributed by atoms with Gasteiger partial charge in [0.2, 0.25) is 0 Å². The number of hydrogen-bond donors (Lipinski definition) is 1. The summed E-state index contributed by atoms with van der Waals surface area (Å²) in [7, 11) is 0. The van der Waals surface area contributed by atoms with E-state index in [2.05, 4.69) is 10.1 Å². The fourth-order valence-electron chi connectivity index (χ4n) is 2.17. The summed E-state index contributed by atoms with van der Waals surface area (Å²) in [5.41, 5.74) is 2.25. The first-order chi connectivity index (χ1) is 9.87. The van der Waals surface area contributed by atoms with E-state index in [-0.39, 0.29) is 18.9 Å². The van der Waals surface area contributed by atoms with Gasteiger partial charge in [0.1, 0.15) is 6.61 Å². The Bertz CT molecular complexity index is 519. The van der Waals surface area contributed by atoms with Gasteiger partial charge in [0.15, 0.2) is 0 Å². The number of amides is 1. The molecule has 0 saturated heterocycles. The third-order valence-corrected chi connectivity index (χ3v) is 3.67. The number of halogens is 4. The molecule has 0 fully saturated rings. The standard InChI is InChI=1S/C14H15ClF3NO2/c15-12(4-6-21-8-14(16,17)18)10-2-1-9-3-5-19-13(20)11(9)7-10/h1-2,7,12H,3-6,8H2,(H,19,20). The Hall–Kier alpha value is -1.27. The maximum absolute atomic E-state index is 11.9. The molecule has 0 bridgehead atoms. The van der Waals surface area contributed by atoms with Gasteiger partial charge in [-0.2, -0.15) is 13.2 Å². The monoisotopic (exact) mass is 321 g/mol. The molecule has 0 aliphatic carbocycles. The Morgan fingerprint density at radius 1 is 1.38 bits per heavy atom. The molecular formula is C14H15ClF3NO2. The molecule has 1 atom stereocenters. The number of alkyl halides is 4. The number of ether oxygens (including phenoxy) is 1. The van der Waals surface area contributed by atoms with Crippen molar-refractivity contribution >= 4 is 17.5 Å². The van der Waals surface area contributed by atoms with Crippen LogP contribution in [-0.4, -0.2) is 31.8 Å². The van der Waals surface area contributed by atoms with Crippen molar-refractivity contribution in [3.8, 4) is 0 Å². The average Bonchev–Trinajstić information content (AvgIpc) is 2.42. The van der Waals surface area contributed by atoms with Crippen molar-refractivity contribution in [1.82, 2.24) is 5.32 Å². The smallest absolute Gasteiger partial charge is 0.372 e. The molecule has 0 saturated carbocycles. The van der Waals surface area contributed by atoms with E-state index in [1.54, 1.807) is 12.1 Å². The van der Waals surface area contributed by atoms with E-state index >= 15 is 0 Å². The lowest BCUT2D eigenvalue weighted by molar-refractivity contribution is -0.174. The van der Waals surface area contributed by atoms with Crippen LogP contribution in [0.1, 0.15) is 33.3 Å². The largest absolute Gasteiger partial charge is 0.411 e. The molecule has 0 radical (unpaired) electrons. The number of benzene rings is 1. The summed E-state index contributed by atoms with van der Waals surface area (Å²) in [6.07, 6.45) is -3.31. The zero-order chi connectivity index (χ0) is 15.5. The highest BCUT2D eigenvalue weighted by atomic mass is 35.5. The molecule has 0 spiro atoms. The van der Waals surface area contributed by atoms with Gasteiger partial charge in [0, 0.05) is 18.7 Å². The Kier molecular flexibility index (Phi) is 5.11. The molecular weight excluding hydrogens is 307 g/mol. The van der Waals surface area contributed by atoms with Crippen molar-refractivity contribution in [1.29, 1.82) is 0 Å². The van der Waals surface area contributed by atoms with Gasteiger partial charge in [-0.3, -0.25) is 4.79 Å². The molecule has 1 aliphatic heterocycles. The summed E-state index contributed by atoms with van der Waals surface area (Å²) in [5.74, 6) is -0.143. The number of nitrogens with one attached hydrogen (secondary N) is 1. The Labute approximate surface area is 125 Å². The van der Waals surface area contributed by atoms with E-state index in [0.717, 1.165) is 12.0 Å². The van der Waals surface area contributed by atoms with E-state index < -0.39 is 18.2 Å². The van der Waals surface area contributed by atoms with Crippen LogP contribution in [0.4, 0.5) is 13.2 Å². The molecule has 1 heterocycles. The second-order valence-corrected chi connectivity index (χ2v) is 5.37. The summed E-state index contributed by atoms with van der Waals surface area (Å²) < 4.78 is 40.3. The van der Waals surface area contributed by atoms with Crippen LogP contribution in [0, 0.1) is 0 Å². The maximum Gasteiger partial charge on any atom is 0.411 e. The Balaban J connectivity index is 1.92. The van der Waals surface area contributed by atoms with E-state index in [9.17, 15) is 18.0 Å². The lowest BCUT2D eigenvalue weighted by atomic mass is 9.96. The Morgan fingerprint density at radius 2 is 2.14 bits per heavy atom. The van der Waals surface area contributed by atoms with E-state index in [1.165, 1.54) is 0 Å². The molecule has 2 rings (SSSR count). The molecule has 1 aliphatic rings. The summed E-state index contributed by atoms with van der Waals surface area (Å²) in [6, 6.07) is 5.35. The SMILES string of the molecule is O=C1NCCc2ccc(C(Cl)CCOCC(F)(F)F)cc21. The number of carbonyl (C=O) groups is 1. The highest BCUT2D eigenvalue weighted by Crippen LogP contribution is 2.27. The first kappa shape index (κ1) is 16.1. The van der Waals surface area contributed by atoms with Crippen LogP contribution in [0.5, 0.6) is 0 Å². The topological polar surface area (TPSA) is 38.3 Å². The summed E-state index contributed by atoms with van der Waals surface area (Å²) >= 11 is 6.15. The van der Waals surface area contributed by atoms with Gasteiger partial charge in [0.25, 0.3) is 5.91 Å². The third kappa shape index (κ3) is 4.61. The van der Waals surface area contributed by atoms with Crippen molar-refractivity contribution in [3.63, 3.8) is 0 Å². The minimum atomic E-state index is -4.33. The van der Waals surface area contributed by atoms with Gasteiger partial charge < -0.3 is 10.1 Å². The maximum atomic E-state index is 11.9. The first-order valence-corrected chi connectivity index (χ1v) is 7.00. The molecule has 116 valence electrons. The summed E-state index contributed by atoms with van der Waals surface area (Å²) in [5, 5.41) is 2.25. The molecule has 21 heavy (non-hydrogen) atoms. The van der Waals surface area contributed by atoms with Crippen molar-refractivity contribution < 1.29 is 22.7 Å². The molecule has 7 heteroatoms. The van der Waals surface area contributed by atoms with Gasteiger partial charge >= 0.3 is 6.18 Å². The third-order valence-electron chi connectivity index (χ3n) is 3.20. The second-order valence-electron chi connectivity index (χ2n) is 4.85. The number of rotatable bonds is 5. The minimum Gasteiger partial charge on any atom is -0.372 e. The first-order valence-electron chi connectivity index (χ1n) is 6.56. The van der Waals surface area contributed by atoms with Crippen molar-refractivity contribution in [3.05, 3.63) is 34.9 Å². The fourth-order valence-corrected chi connectivity index (χ4v) is 2.39. The molecule has 1 aromatic rings. The summed E-state index contributed by atoms with van der Waals surface area (Å²) in [6.45, 7) is -0.749. The molecule has 1 aromatic carbocycles. The molecule has 0 aromatic heterocycles. The quantitative estimate of drug-likeness (QED) is 0.668. The summed E-state index contributed by atoms with van der Waals surface area (Å²) in [4.78, 5) is 11.7. The van der Waals surface area contributed by atoms with Crippen LogP contribution in [0.15, 0.2) is 18.2 Å². The lowest BCUT2D eigenvalue weighted by Gasteiger charge is -2.18.